The summed E-state index contributed by atoms with van der Waals surface area (Å²) in [5, 5.41) is 13.7. The number of amidine groups is 1. The first-order chi connectivity index (χ1) is 16.5. The first-order valence-corrected chi connectivity index (χ1v) is 11.5. The van der Waals surface area contributed by atoms with Crippen LogP contribution in [0.5, 0.6) is 0 Å². The van der Waals surface area contributed by atoms with Gasteiger partial charge in [-0.3, -0.25) is 4.79 Å². The molecule has 5 rings (SSSR count). The van der Waals surface area contributed by atoms with Crippen LogP contribution in [0, 0.1) is 6.92 Å². The zero-order valence-corrected chi connectivity index (χ0v) is 19.2. The van der Waals surface area contributed by atoms with Crippen LogP contribution in [-0.2, 0) is 11.3 Å². The van der Waals surface area contributed by atoms with Crippen molar-refractivity contribution in [1.29, 1.82) is 0 Å². The van der Waals surface area contributed by atoms with Gasteiger partial charge in [0.05, 0.1) is 16.2 Å². The molecular formula is C27H21N3O3S. The highest BCUT2D eigenvalue weighted by Gasteiger charge is 2.24. The minimum absolute atomic E-state index is 0.179. The van der Waals surface area contributed by atoms with Crippen molar-refractivity contribution in [3.05, 3.63) is 106 Å². The van der Waals surface area contributed by atoms with Gasteiger partial charge in [-0.15, -0.1) is 0 Å². The van der Waals surface area contributed by atoms with Gasteiger partial charge < -0.3 is 15.0 Å². The molecule has 34 heavy (non-hydrogen) atoms. The zero-order chi connectivity index (χ0) is 23.7. The summed E-state index contributed by atoms with van der Waals surface area (Å²) in [7, 11) is 0. The van der Waals surface area contributed by atoms with Crippen molar-refractivity contribution in [2.24, 2.45) is 4.99 Å². The first kappa shape index (κ1) is 21.7. The van der Waals surface area contributed by atoms with E-state index in [0.29, 0.717) is 16.6 Å². The summed E-state index contributed by atoms with van der Waals surface area (Å²) in [5.41, 5.74) is 5.01. The Kier molecular flexibility index (Phi) is 5.77. The summed E-state index contributed by atoms with van der Waals surface area (Å²) in [6.07, 6.45) is 3.87. The molecule has 6 nitrogen and oxygen atoms in total. The second-order valence-corrected chi connectivity index (χ2v) is 9.08. The lowest BCUT2D eigenvalue weighted by atomic mass is 10.1. The molecule has 1 aliphatic heterocycles. The predicted octanol–water partition coefficient (Wildman–Crippen LogP) is 5.59. The number of para-hydroxylation sites is 1. The van der Waals surface area contributed by atoms with Crippen LogP contribution in [0.1, 0.15) is 27.0 Å². The van der Waals surface area contributed by atoms with Gasteiger partial charge in [-0.2, -0.15) is 0 Å². The fraction of sp³-hybridized carbons (Fsp3) is 0.0741. The molecular weight excluding hydrogens is 446 g/mol. The number of fused-ring (bicyclic) bond motifs is 1. The molecule has 2 N–H and O–H groups in total. The minimum atomic E-state index is -0.947. The van der Waals surface area contributed by atoms with Gasteiger partial charge in [0.25, 0.3) is 5.91 Å². The number of nitrogens with one attached hydrogen (secondary N) is 1. The van der Waals surface area contributed by atoms with Gasteiger partial charge in [-0.05, 0) is 60.7 Å². The average Bonchev–Trinajstić information content (AvgIpc) is 3.35. The summed E-state index contributed by atoms with van der Waals surface area (Å²) >= 11 is 1.32. The molecule has 1 saturated heterocycles. The van der Waals surface area contributed by atoms with Crippen molar-refractivity contribution in [1.82, 2.24) is 9.88 Å². The van der Waals surface area contributed by atoms with E-state index in [0.717, 1.165) is 33.3 Å². The standard InChI is InChI=1S/C27H21N3O3S/c1-17-9-11-21(12-10-17)28-27-29-25(31)24(34-27)14-20-16-30(23-8-3-2-7-22(20)23)15-18-5-4-6-19(13-18)26(32)33/h2-14,16H,15H2,1H3,(H,32,33)(H,28,29,31)/b24-14+. The Morgan fingerprint density at radius 3 is 2.68 bits per heavy atom. The number of carbonyl (C=O) groups excluding carboxylic acids is 1. The lowest BCUT2D eigenvalue weighted by molar-refractivity contribution is -0.115. The number of carbonyl (C=O) groups is 2. The SMILES string of the molecule is Cc1ccc(N=C2NC(=O)/C(=C\c3cn(Cc4cccc(C(=O)O)c4)c4ccccc34)S2)cc1. The molecule has 1 aromatic heterocycles. The molecule has 0 radical (unpaired) electrons. The number of hydrogen-bond acceptors (Lipinski definition) is 4. The van der Waals surface area contributed by atoms with Crippen LogP contribution in [0.15, 0.2) is 88.9 Å². The molecule has 0 atom stereocenters. The Balaban J connectivity index is 1.46. The zero-order valence-electron chi connectivity index (χ0n) is 18.4. The number of carboxylic acid groups (broad SMARTS) is 1. The van der Waals surface area contributed by atoms with E-state index in [9.17, 15) is 14.7 Å². The normalized spacial score (nSPS) is 15.9. The molecule has 168 valence electrons. The van der Waals surface area contributed by atoms with Crippen LogP contribution in [-0.4, -0.2) is 26.7 Å². The van der Waals surface area contributed by atoms with Crippen molar-refractivity contribution >= 4 is 51.5 Å². The fourth-order valence-corrected chi connectivity index (χ4v) is 4.71. The third-order valence-corrected chi connectivity index (χ3v) is 6.46. The number of aryl methyl sites for hydroxylation is 1. The van der Waals surface area contributed by atoms with E-state index in [1.54, 1.807) is 18.2 Å². The van der Waals surface area contributed by atoms with Gasteiger partial charge in [0.1, 0.15) is 0 Å². The summed E-state index contributed by atoms with van der Waals surface area (Å²) in [5.74, 6) is -1.13. The number of thioether (sulfide) groups is 1. The number of aromatic carboxylic acids is 1. The molecule has 1 fully saturated rings. The second kappa shape index (κ2) is 9.03. The van der Waals surface area contributed by atoms with Crippen molar-refractivity contribution < 1.29 is 14.7 Å². The largest absolute Gasteiger partial charge is 0.478 e. The lowest BCUT2D eigenvalue weighted by Gasteiger charge is -2.06. The van der Waals surface area contributed by atoms with Crippen LogP contribution in [0.25, 0.3) is 17.0 Å². The first-order valence-electron chi connectivity index (χ1n) is 10.7. The Bertz CT molecular complexity index is 1480. The molecule has 0 bridgehead atoms. The number of hydrogen-bond donors (Lipinski definition) is 2. The van der Waals surface area contributed by atoms with E-state index >= 15 is 0 Å². The highest BCUT2D eigenvalue weighted by molar-refractivity contribution is 8.18. The second-order valence-electron chi connectivity index (χ2n) is 8.05. The van der Waals surface area contributed by atoms with Crippen molar-refractivity contribution in [3.63, 3.8) is 0 Å². The Hall–Kier alpha value is -4.10. The number of aliphatic imine (C=N–C) groups is 1. The summed E-state index contributed by atoms with van der Waals surface area (Å²) < 4.78 is 2.07. The van der Waals surface area contributed by atoms with Gasteiger partial charge in [0.2, 0.25) is 0 Å². The molecule has 0 aliphatic carbocycles. The monoisotopic (exact) mass is 467 g/mol. The van der Waals surface area contributed by atoms with E-state index in [2.05, 4.69) is 14.9 Å². The number of aromatic nitrogens is 1. The van der Waals surface area contributed by atoms with Gasteiger partial charge in [0.15, 0.2) is 5.17 Å². The van der Waals surface area contributed by atoms with Crippen molar-refractivity contribution in [2.45, 2.75) is 13.5 Å². The van der Waals surface area contributed by atoms with E-state index in [-0.39, 0.29) is 11.5 Å². The van der Waals surface area contributed by atoms with Gasteiger partial charge in [0, 0.05) is 29.2 Å². The van der Waals surface area contributed by atoms with Gasteiger partial charge in [-0.25, -0.2) is 9.79 Å². The molecule has 0 saturated carbocycles. The Labute approximate surface area is 200 Å². The van der Waals surface area contributed by atoms with Crippen LogP contribution in [0.3, 0.4) is 0 Å². The third-order valence-electron chi connectivity index (χ3n) is 5.55. The van der Waals surface area contributed by atoms with Crippen molar-refractivity contribution in [2.75, 3.05) is 0 Å². The van der Waals surface area contributed by atoms with E-state index in [1.807, 2.05) is 73.8 Å². The maximum Gasteiger partial charge on any atom is 0.335 e. The van der Waals surface area contributed by atoms with E-state index < -0.39 is 5.97 Å². The number of benzene rings is 3. The van der Waals surface area contributed by atoms with Crippen molar-refractivity contribution in [3.8, 4) is 0 Å². The maximum atomic E-state index is 12.6. The lowest BCUT2D eigenvalue weighted by Crippen LogP contribution is -2.19. The number of amides is 1. The number of rotatable bonds is 5. The summed E-state index contributed by atoms with van der Waals surface area (Å²) in [6.45, 7) is 2.54. The fourth-order valence-electron chi connectivity index (χ4n) is 3.88. The minimum Gasteiger partial charge on any atom is -0.478 e. The summed E-state index contributed by atoms with van der Waals surface area (Å²) in [6, 6.07) is 22.7. The molecule has 7 heteroatoms. The molecule has 0 spiro atoms. The maximum absolute atomic E-state index is 12.6. The predicted molar refractivity (Wildman–Crippen MR) is 136 cm³/mol. The topological polar surface area (TPSA) is 83.7 Å². The molecule has 4 aromatic rings. The van der Waals surface area contributed by atoms with Gasteiger partial charge in [-0.1, -0.05) is 48.0 Å². The Morgan fingerprint density at radius 1 is 1.09 bits per heavy atom. The van der Waals surface area contributed by atoms with Crippen LogP contribution in [0.4, 0.5) is 5.69 Å². The van der Waals surface area contributed by atoms with Crippen LogP contribution < -0.4 is 5.32 Å². The highest BCUT2D eigenvalue weighted by Crippen LogP contribution is 2.31. The van der Waals surface area contributed by atoms with Gasteiger partial charge >= 0.3 is 5.97 Å². The molecule has 1 amide bonds. The molecule has 2 heterocycles. The third kappa shape index (κ3) is 4.51. The quantitative estimate of drug-likeness (QED) is 0.375. The number of carboxylic acids is 1. The molecule has 0 unspecified atom stereocenters. The van der Waals surface area contributed by atoms with Crippen LogP contribution >= 0.6 is 11.8 Å². The van der Waals surface area contributed by atoms with E-state index in [4.69, 9.17) is 0 Å². The number of nitrogens with zero attached hydrogens (tertiary/aromatic N) is 2. The molecule has 3 aromatic carbocycles. The Morgan fingerprint density at radius 2 is 1.88 bits per heavy atom. The highest BCUT2D eigenvalue weighted by atomic mass is 32.2. The molecule has 1 aliphatic rings. The summed E-state index contributed by atoms with van der Waals surface area (Å²) in [4.78, 5) is 29.1. The average molecular weight is 468 g/mol. The van der Waals surface area contributed by atoms with Crippen LogP contribution in [0.2, 0.25) is 0 Å². The smallest absolute Gasteiger partial charge is 0.335 e. The van der Waals surface area contributed by atoms with E-state index in [1.165, 1.54) is 11.8 Å².